The molecule has 0 aliphatic carbocycles. The molecule has 0 spiro atoms. The molecule has 1 aliphatic rings. The maximum atomic E-state index is 12.6. The van der Waals surface area contributed by atoms with Crippen LogP contribution >= 0.6 is 39.3 Å². The molecule has 1 aliphatic heterocycles. The van der Waals surface area contributed by atoms with Crippen molar-refractivity contribution < 1.29 is 9.59 Å². The van der Waals surface area contributed by atoms with E-state index in [1.54, 1.807) is 43.3 Å². The van der Waals surface area contributed by atoms with E-state index in [-0.39, 0.29) is 23.4 Å². The van der Waals surface area contributed by atoms with E-state index in [0.717, 1.165) is 21.8 Å². The average Bonchev–Trinajstić information content (AvgIpc) is 2.94. The van der Waals surface area contributed by atoms with Gasteiger partial charge in [0.15, 0.2) is 5.17 Å². The summed E-state index contributed by atoms with van der Waals surface area (Å²) in [5.41, 5.74) is 7.97. The Kier molecular flexibility index (Phi) is 6.53. The lowest BCUT2D eigenvalue weighted by Gasteiger charge is -2.14. The van der Waals surface area contributed by atoms with Gasteiger partial charge in [-0.3, -0.25) is 9.59 Å². The standard InChI is InChI=1S/C19H16BrClN4O2S/c1-11(12-2-6-14(21)7-3-12)23-24-19(22)28-16-10-17(26)25(18(16)27)15-8-4-13(20)5-9-15/h2-9,16H,10H2,1H3,(H2,22,24)/b23-11-/t16-/m1/s1. The second-order valence-corrected chi connectivity index (χ2v) is 8.56. The van der Waals surface area contributed by atoms with Gasteiger partial charge >= 0.3 is 0 Å². The molecule has 9 heteroatoms. The molecule has 1 saturated heterocycles. The van der Waals surface area contributed by atoms with Crippen LogP contribution in [0.1, 0.15) is 18.9 Å². The number of carbonyl (C=O) groups is 2. The van der Waals surface area contributed by atoms with E-state index in [9.17, 15) is 9.59 Å². The summed E-state index contributed by atoms with van der Waals surface area (Å²) in [6, 6.07) is 14.2. The largest absolute Gasteiger partial charge is 0.377 e. The molecule has 3 rings (SSSR count). The highest BCUT2D eigenvalue weighted by Gasteiger charge is 2.40. The fourth-order valence-corrected chi connectivity index (χ4v) is 3.80. The molecule has 6 nitrogen and oxygen atoms in total. The van der Waals surface area contributed by atoms with Gasteiger partial charge in [0.2, 0.25) is 11.8 Å². The second kappa shape index (κ2) is 8.89. The quantitative estimate of drug-likeness (QED) is 0.308. The van der Waals surface area contributed by atoms with Gasteiger partial charge in [0.05, 0.1) is 11.4 Å². The molecule has 28 heavy (non-hydrogen) atoms. The normalized spacial score (nSPS) is 18.1. The van der Waals surface area contributed by atoms with Gasteiger partial charge in [0.25, 0.3) is 0 Å². The molecule has 0 unspecified atom stereocenters. The van der Waals surface area contributed by atoms with Crippen molar-refractivity contribution in [1.29, 1.82) is 0 Å². The first kappa shape index (κ1) is 20.6. The topological polar surface area (TPSA) is 88.1 Å². The summed E-state index contributed by atoms with van der Waals surface area (Å²) in [6.07, 6.45) is 0.0651. The number of rotatable bonds is 4. The van der Waals surface area contributed by atoms with Crippen LogP contribution in [0.15, 0.2) is 63.2 Å². The van der Waals surface area contributed by atoms with E-state index in [4.69, 9.17) is 17.3 Å². The van der Waals surface area contributed by atoms with Gasteiger partial charge in [-0.15, -0.1) is 5.10 Å². The van der Waals surface area contributed by atoms with Crippen LogP contribution in [0.3, 0.4) is 0 Å². The van der Waals surface area contributed by atoms with E-state index in [1.165, 1.54) is 4.90 Å². The molecule has 2 N–H and O–H groups in total. The van der Waals surface area contributed by atoms with Crippen molar-refractivity contribution in [2.24, 2.45) is 15.9 Å². The lowest BCUT2D eigenvalue weighted by Crippen LogP contribution is -2.31. The van der Waals surface area contributed by atoms with Gasteiger partial charge < -0.3 is 5.73 Å². The molecule has 0 radical (unpaired) electrons. The Hall–Kier alpha value is -2.16. The molecule has 144 valence electrons. The predicted octanol–water partition coefficient (Wildman–Crippen LogP) is 4.21. The Bertz CT molecular complexity index is 961. The van der Waals surface area contributed by atoms with Crippen molar-refractivity contribution in [2.45, 2.75) is 18.6 Å². The third-order valence-electron chi connectivity index (χ3n) is 4.01. The van der Waals surface area contributed by atoms with Crippen LogP contribution in [0.25, 0.3) is 0 Å². The number of hydrogen-bond acceptors (Lipinski definition) is 5. The van der Waals surface area contributed by atoms with E-state index in [0.29, 0.717) is 16.4 Å². The van der Waals surface area contributed by atoms with Gasteiger partial charge in [-0.05, 0) is 48.9 Å². The zero-order valence-electron chi connectivity index (χ0n) is 14.8. The number of amidine groups is 1. The van der Waals surface area contributed by atoms with Gasteiger partial charge in [0.1, 0.15) is 5.25 Å². The van der Waals surface area contributed by atoms with Gasteiger partial charge in [-0.25, -0.2) is 4.90 Å². The average molecular weight is 480 g/mol. The maximum absolute atomic E-state index is 12.6. The monoisotopic (exact) mass is 478 g/mol. The van der Waals surface area contributed by atoms with Crippen LogP contribution in [0.2, 0.25) is 5.02 Å². The first-order chi connectivity index (χ1) is 13.3. The number of imide groups is 1. The zero-order chi connectivity index (χ0) is 20.3. The summed E-state index contributed by atoms with van der Waals surface area (Å²) in [6.45, 7) is 1.80. The Morgan fingerprint density at radius 1 is 1.14 bits per heavy atom. The van der Waals surface area contributed by atoms with Crippen LogP contribution in [-0.4, -0.2) is 27.9 Å². The molecule has 0 bridgehead atoms. The molecule has 1 heterocycles. The Labute approximate surface area is 180 Å². The summed E-state index contributed by atoms with van der Waals surface area (Å²) in [4.78, 5) is 26.1. The number of benzene rings is 2. The third-order valence-corrected chi connectivity index (χ3v) is 5.77. The molecule has 1 atom stereocenters. The van der Waals surface area contributed by atoms with Crippen molar-refractivity contribution in [1.82, 2.24) is 0 Å². The molecule has 2 aromatic rings. The minimum Gasteiger partial charge on any atom is -0.377 e. The molecule has 0 aromatic heterocycles. The lowest BCUT2D eigenvalue weighted by atomic mass is 10.1. The van der Waals surface area contributed by atoms with E-state index in [2.05, 4.69) is 26.1 Å². The summed E-state index contributed by atoms with van der Waals surface area (Å²) in [5, 5.41) is 8.21. The first-order valence-corrected chi connectivity index (χ1v) is 10.3. The molecular weight excluding hydrogens is 464 g/mol. The van der Waals surface area contributed by atoms with E-state index < -0.39 is 5.25 Å². The highest BCUT2D eigenvalue weighted by molar-refractivity contribution is 9.10. The molecule has 1 fully saturated rings. The van der Waals surface area contributed by atoms with Gasteiger partial charge in [0, 0.05) is 15.9 Å². The molecule has 2 amide bonds. The highest BCUT2D eigenvalue weighted by Crippen LogP contribution is 2.30. The van der Waals surface area contributed by atoms with Crippen LogP contribution in [0.5, 0.6) is 0 Å². The maximum Gasteiger partial charge on any atom is 0.247 e. The smallest absolute Gasteiger partial charge is 0.247 e. The fourth-order valence-electron chi connectivity index (χ4n) is 2.60. The van der Waals surface area contributed by atoms with Gasteiger partial charge in [-0.1, -0.05) is 51.4 Å². The molecule has 0 saturated carbocycles. The number of amides is 2. The van der Waals surface area contributed by atoms with Crippen molar-refractivity contribution >= 4 is 67.7 Å². The van der Waals surface area contributed by atoms with Gasteiger partial charge in [-0.2, -0.15) is 5.10 Å². The summed E-state index contributed by atoms with van der Waals surface area (Å²) in [7, 11) is 0. The van der Waals surface area contributed by atoms with Crippen LogP contribution < -0.4 is 10.6 Å². The molecule has 2 aromatic carbocycles. The Morgan fingerprint density at radius 3 is 2.43 bits per heavy atom. The van der Waals surface area contributed by atoms with Crippen molar-refractivity contribution in [3.8, 4) is 0 Å². The summed E-state index contributed by atoms with van der Waals surface area (Å²) in [5.74, 6) is -0.577. The third kappa shape index (κ3) is 4.81. The number of nitrogens with two attached hydrogens (primary N) is 1. The number of thioether (sulfide) groups is 1. The van der Waals surface area contributed by atoms with Crippen LogP contribution in [0.4, 0.5) is 5.69 Å². The lowest BCUT2D eigenvalue weighted by molar-refractivity contribution is -0.121. The first-order valence-electron chi connectivity index (χ1n) is 8.28. The number of carbonyl (C=O) groups excluding carboxylic acids is 2. The van der Waals surface area contributed by atoms with Crippen molar-refractivity contribution in [2.75, 3.05) is 4.90 Å². The Morgan fingerprint density at radius 2 is 1.79 bits per heavy atom. The minimum absolute atomic E-state index is 0.0651. The number of halogens is 2. The number of nitrogens with zero attached hydrogens (tertiary/aromatic N) is 3. The SMILES string of the molecule is C/C(=N/N=C(N)S[C@@H]1CC(=O)N(c2ccc(Br)cc2)C1=O)c1ccc(Cl)cc1. The van der Waals surface area contributed by atoms with Crippen molar-refractivity contribution in [3.05, 3.63) is 63.6 Å². The fraction of sp³-hybridized carbons (Fsp3) is 0.158. The van der Waals surface area contributed by atoms with Crippen LogP contribution in [-0.2, 0) is 9.59 Å². The van der Waals surface area contributed by atoms with Crippen molar-refractivity contribution in [3.63, 3.8) is 0 Å². The van der Waals surface area contributed by atoms with E-state index in [1.807, 2.05) is 12.1 Å². The Balaban J connectivity index is 1.69. The van der Waals surface area contributed by atoms with Crippen LogP contribution in [0, 0.1) is 0 Å². The number of hydrogen-bond donors (Lipinski definition) is 1. The summed E-state index contributed by atoms with van der Waals surface area (Å²) < 4.78 is 0.867. The highest BCUT2D eigenvalue weighted by atomic mass is 79.9. The molecular formula is C19H16BrClN4O2S. The minimum atomic E-state index is -0.620. The zero-order valence-corrected chi connectivity index (χ0v) is 18.0. The predicted molar refractivity (Wildman–Crippen MR) is 118 cm³/mol. The summed E-state index contributed by atoms with van der Waals surface area (Å²) >= 11 is 10.2. The number of anilines is 1. The van der Waals surface area contributed by atoms with E-state index >= 15 is 0 Å². The second-order valence-electron chi connectivity index (χ2n) is 5.98.